The first-order chi connectivity index (χ1) is 8.00. The van der Waals surface area contributed by atoms with Gasteiger partial charge in [0.25, 0.3) is 0 Å². The molecule has 100 valence electrons. The van der Waals surface area contributed by atoms with Crippen molar-refractivity contribution < 1.29 is 13.2 Å². The normalized spacial score (nSPS) is 32.5. The van der Waals surface area contributed by atoms with Gasteiger partial charge in [-0.05, 0) is 44.1 Å². The molecule has 0 spiro atoms. The number of fused-ring (bicyclic) bond motifs is 2. The van der Waals surface area contributed by atoms with Crippen molar-refractivity contribution in [3.05, 3.63) is 0 Å². The molecule has 0 amide bonds. The molecule has 1 saturated heterocycles. The number of nitrogens with zero attached hydrogens (tertiary/aromatic N) is 1. The maximum atomic E-state index is 13.0. The lowest BCUT2D eigenvalue weighted by Gasteiger charge is -2.45. The minimum Gasteiger partial charge on any atom is -0.330 e. The van der Waals surface area contributed by atoms with Crippen LogP contribution in [0, 0.1) is 11.8 Å². The maximum Gasteiger partial charge on any atom is 0.404 e. The Kier molecular flexibility index (Phi) is 3.98. The molecule has 1 aliphatic heterocycles. The molecule has 2 aliphatic rings. The molecule has 2 N–H and O–H groups in total. The van der Waals surface area contributed by atoms with E-state index in [1.165, 1.54) is 6.42 Å². The number of alkyl halides is 3. The molecule has 2 rings (SSSR count). The summed E-state index contributed by atoms with van der Waals surface area (Å²) in [5.74, 6) is 0.954. The fourth-order valence-electron chi connectivity index (χ4n) is 3.44. The van der Waals surface area contributed by atoms with E-state index in [1.54, 1.807) is 4.90 Å². The van der Waals surface area contributed by atoms with Crippen molar-refractivity contribution in [1.29, 1.82) is 0 Å². The summed E-state index contributed by atoms with van der Waals surface area (Å²) < 4.78 is 38.9. The van der Waals surface area contributed by atoms with Crippen LogP contribution in [0.3, 0.4) is 0 Å². The van der Waals surface area contributed by atoms with Gasteiger partial charge >= 0.3 is 6.18 Å². The zero-order valence-electron chi connectivity index (χ0n) is 10.0. The molecular formula is C12H21F3N2. The van der Waals surface area contributed by atoms with Crippen LogP contribution in [0.15, 0.2) is 0 Å². The van der Waals surface area contributed by atoms with Crippen LogP contribution in [0.4, 0.5) is 13.2 Å². The molecule has 0 aromatic rings. The topological polar surface area (TPSA) is 29.3 Å². The summed E-state index contributed by atoms with van der Waals surface area (Å²) in [7, 11) is 0. The Hall–Kier alpha value is -0.290. The van der Waals surface area contributed by atoms with Crippen molar-refractivity contribution in [2.45, 2.75) is 44.3 Å². The van der Waals surface area contributed by atoms with Gasteiger partial charge in [0.05, 0.1) is 0 Å². The Morgan fingerprint density at radius 2 is 1.76 bits per heavy atom. The number of halogens is 3. The Morgan fingerprint density at radius 3 is 2.24 bits per heavy atom. The Labute approximate surface area is 100 Å². The van der Waals surface area contributed by atoms with Gasteiger partial charge in [-0.1, -0.05) is 6.42 Å². The van der Waals surface area contributed by atoms with Gasteiger partial charge in [0.1, 0.15) is 6.04 Å². The van der Waals surface area contributed by atoms with E-state index in [0.717, 1.165) is 19.3 Å². The van der Waals surface area contributed by atoms with E-state index >= 15 is 0 Å². The highest BCUT2D eigenvalue weighted by Crippen LogP contribution is 2.38. The molecule has 0 aromatic heterocycles. The van der Waals surface area contributed by atoms with Crippen LogP contribution in [0.25, 0.3) is 0 Å². The number of nitrogens with two attached hydrogens (primary N) is 1. The third-order valence-electron chi connectivity index (χ3n) is 4.14. The van der Waals surface area contributed by atoms with Gasteiger partial charge in [0.15, 0.2) is 0 Å². The predicted octanol–water partition coefficient (Wildman–Crippen LogP) is 2.39. The SMILES string of the molecule is NCCC(N1CC2CCCC(C2)C1)C(F)(F)F. The molecule has 0 radical (unpaired) electrons. The molecule has 1 heterocycles. The summed E-state index contributed by atoms with van der Waals surface area (Å²) in [5, 5.41) is 0. The molecule has 17 heavy (non-hydrogen) atoms. The third kappa shape index (κ3) is 3.13. The molecule has 5 heteroatoms. The van der Waals surface area contributed by atoms with Crippen molar-refractivity contribution in [2.75, 3.05) is 19.6 Å². The predicted molar refractivity (Wildman–Crippen MR) is 60.5 cm³/mol. The third-order valence-corrected chi connectivity index (χ3v) is 4.14. The Morgan fingerprint density at radius 1 is 1.18 bits per heavy atom. The second-order valence-electron chi connectivity index (χ2n) is 5.49. The highest BCUT2D eigenvalue weighted by atomic mass is 19.4. The smallest absolute Gasteiger partial charge is 0.330 e. The summed E-state index contributed by atoms with van der Waals surface area (Å²) in [5.41, 5.74) is 5.32. The summed E-state index contributed by atoms with van der Waals surface area (Å²) in [6.45, 7) is 1.33. The van der Waals surface area contributed by atoms with Crippen LogP contribution in [0.2, 0.25) is 0 Å². The minimum absolute atomic E-state index is 0.0307. The number of hydrogen-bond acceptors (Lipinski definition) is 2. The lowest BCUT2D eigenvalue weighted by Crippen LogP contribution is -2.53. The van der Waals surface area contributed by atoms with Crippen molar-refractivity contribution in [1.82, 2.24) is 4.90 Å². The average molecular weight is 250 g/mol. The van der Waals surface area contributed by atoms with Crippen molar-refractivity contribution in [3.8, 4) is 0 Å². The molecule has 3 atom stereocenters. The Bertz CT molecular complexity index is 243. The fraction of sp³-hybridized carbons (Fsp3) is 1.00. The van der Waals surface area contributed by atoms with Crippen molar-refractivity contribution in [2.24, 2.45) is 17.6 Å². The van der Waals surface area contributed by atoms with E-state index in [1.807, 2.05) is 0 Å². The standard InChI is InChI=1S/C12H21F3N2/c13-12(14,15)11(4-5-16)17-7-9-2-1-3-10(6-9)8-17/h9-11H,1-8,16H2. The van der Waals surface area contributed by atoms with Crippen LogP contribution in [-0.4, -0.2) is 36.8 Å². The van der Waals surface area contributed by atoms with Gasteiger partial charge in [-0.15, -0.1) is 0 Å². The molecule has 1 saturated carbocycles. The quantitative estimate of drug-likeness (QED) is 0.833. The van der Waals surface area contributed by atoms with Gasteiger partial charge in [0, 0.05) is 13.1 Å². The summed E-state index contributed by atoms with van der Waals surface area (Å²) in [6, 6.07) is -1.32. The molecule has 3 unspecified atom stereocenters. The van der Waals surface area contributed by atoms with Gasteiger partial charge in [0.2, 0.25) is 0 Å². The van der Waals surface area contributed by atoms with Crippen LogP contribution < -0.4 is 5.73 Å². The molecule has 1 aliphatic carbocycles. The Balaban J connectivity index is 2.03. The van der Waals surface area contributed by atoms with E-state index in [-0.39, 0.29) is 13.0 Å². The molecule has 2 bridgehead atoms. The second kappa shape index (κ2) is 5.14. The lowest BCUT2D eigenvalue weighted by molar-refractivity contribution is -0.193. The van der Waals surface area contributed by atoms with E-state index in [9.17, 15) is 13.2 Å². The van der Waals surface area contributed by atoms with Crippen molar-refractivity contribution in [3.63, 3.8) is 0 Å². The zero-order chi connectivity index (χ0) is 12.5. The molecular weight excluding hydrogens is 229 g/mol. The molecule has 2 fully saturated rings. The number of rotatable bonds is 3. The maximum absolute atomic E-state index is 13.0. The van der Waals surface area contributed by atoms with Gasteiger partial charge in [-0.3, -0.25) is 4.90 Å². The highest BCUT2D eigenvalue weighted by Gasteiger charge is 2.45. The van der Waals surface area contributed by atoms with Gasteiger partial charge < -0.3 is 5.73 Å². The van der Waals surface area contributed by atoms with Gasteiger partial charge in [-0.25, -0.2) is 0 Å². The van der Waals surface area contributed by atoms with Crippen molar-refractivity contribution >= 4 is 0 Å². The van der Waals surface area contributed by atoms with E-state index in [2.05, 4.69) is 0 Å². The van der Waals surface area contributed by atoms with E-state index in [4.69, 9.17) is 5.73 Å². The fourth-order valence-corrected chi connectivity index (χ4v) is 3.44. The summed E-state index contributed by atoms with van der Waals surface area (Å²) in [6.07, 6.45) is 0.412. The molecule has 2 nitrogen and oxygen atoms in total. The van der Waals surface area contributed by atoms with E-state index < -0.39 is 12.2 Å². The average Bonchev–Trinajstić information content (AvgIpc) is 2.23. The van der Waals surface area contributed by atoms with Crippen LogP contribution in [0.5, 0.6) is 0 Å². The first-order valence-corrected chi connectivity index (χ1v) is 6.51. The number of piperidine rings is 1. The van der Waals surface area contributed by atoms with Crippen LogP contribution >= 0.6 is 0 Å². The number of likely N-dealkylation sites (tertiary alicyclic amines) is 1. The van der Waals surface area contributed by atoms with Crippen LogP contribution in [-0.2, 0) is 0 Å². The van der Waals surface area contributed by atoms with Crippen LogP contribution in [0.1, 0.15) is 32.1 Å². The highest BCUT2D eigenvalue weighted by molar-refractivity contribution is 4.89. The second-order valence-corrected chi connectivity index (χ2v) is 5.49. The molecule has 0 aromatic carbocycles. The minimum atomic E-state index is -4.13. The first-order valence-electron chi connectivity index (χ1n) is 6.51. The summed E-state index contributed by atoms with van der Waals surface area (Å²) in [4.78, 5) is 1.64. The number of hydrogen-bond donors (Lipinski definition) is 1. The largest absolute Gasteiger partial charge is 0.404 e. The van der Waals surface area contributed by atoms with E-state index in [0.29, 0.717) is 24.9 Å². The lowest BCUT2D eigenvalue weighted by atomic mass is 9.77. The van der Waals surface area contributed by atoms with Gasteiger partial charge in [-0.2, -0.15) is 13.2 Å². The monoisotopic (exact) mass is 250 g/mol. The summed E-state index contributed by atoms with van der Waals surface area (Å²) >= 11 is 0. The zero-order valence-corrected chi connectivity index (χ0v) is 10.0. The first kappa shape index (κ1) is 13.1.